The highest BCUT2D eigenvalue weighted by molar-refractivity contribution is 6.31. The number of carbonyl (C=O) groups excluding carboxylic acids is 1. The maximum atomic E-state index is 12.5. The second kappa shape index (κ2) is 4.10. The lowest BCUT2D eigenvalue weighted by atomic mass is 10.1. The Bertz CT molecular complexity index is 461. The molecule has 1 aliphatic rings. The zero-order chi connectivity index (χ0) is 12.6. The van der Waals surface area contributed by atoms with Crippen LogP contribution in [0.25, 0.3) is 0 Å². The van der Waals surface area contributed by atoms with Crippen LogP contribution in [0.15, 0.2) is 18.2 Å². The highest BCUT2D eigenvalue weighted by Gasteiger charge is 2.33. The fourth-order valence-corrected chi connectivity index (χ4v) is 1.93. The Kier molecular flexibility index (Phi) is 2.91. The standard InChI is InChI=1S/C10H8ClF3N2O/c11-7-3-5(8-4-15-9(17)16-8)1-2-6(7)10(12,13)14/h1-3,8H,4H2,(H2,15,16,17)/t8-/m1/s1. The molecule has 1 heterocycles. The molecule has 0 unspecified atom stereocenters. The first kappa shape index (κ1) is 12.0. The molecule has 0 spiro atoms. The number of carbonyl (C=O) groups is 1. The van der Waals surface area contributed by atoms with Crippen LogP contribution in [-0.2, 0) is 6.18 Å². The van der Waals surface area contributed by atoms with E-state index in [1.165, 1.54) is 12.1 Å². The van der Waals surface area contributed by atoms with E-state index < -0.39 is 11.7 Å². The Labute approximate surface area is 99.9 Å². The molecule has 0 saturated carbocycles. The number of amides is 2. The van der Waals surface area contributed by atoms with E-state index in [0.717, 1.165) is 6.07 Å². The molecule has 0 bridgehead atoms. The second-order valence-electron chi connectivity index (χ2n) is 3.64. The molecule has 3 nitrogen and oxygen atoms in total. The van der Waals surface area contributed by atoms with Crippen LogP contribution in [-0.4, -0.2) is 12.6 Å². The molecule has 2 amide bonds. The minimum Gasteiger partial charge on any atom is -0.336 e. The largest absolute Gasteiger partial charge is 0.417 e. The average Bonchev–Trinajstić information content (AvgIpc) is 2.62. The summed E-state index contributed by atoms with van der Waals surface area (Å²) in [5, 5.41) is 4.72. The zero-order valence-corrected chi connectivity index (χ0v) is 9.19. The van der Waals surface area contributed by atoms with Crippen molar-refractivity contribution in [2.45, 2.75) is 12.2 Å². The lowest BCUT2D eigenvalue weighted by Gasteiger charge is -2.13. The van der Waals surface area contributed by atoms with Gasteiger partial charge in [-0.25, -0.2) is 4.79 Å². The van der Waals surface area contributed by atoms with Crippen molar-refractivity contribution < 1.29 is 18.0 Å². The van der Waals surface area contributed by atoms with Gasteiger partial charge in [-0.05, 0) is 17.7 Å². The minimum absolute atomic E-state index is 0.334. The predicted octanol–water partition coefficient (Wildman–Crippen LogP) is 2.71. The van der Waals surface area contributed by atoms with Crippen molar-refractivity contribution in [2.24, 2.45) is 0 Å². The van der Waals surface area contributed by atoms with Crippen LogP contribution in [0.1, 0.15) is 17.2 Å². The van der Waals surface area contributed by atoms with Crippen LogP contribution in [0, 0.1) is 0 Å². The van der Waals surface area contributed by atoms with Gasteiger partial charge < -0.3 is 10.6 Å². The quantitative estimate of drug-likeness (QED) is 0.804. The van der Waals surface area contributed by atoms with Crippen molar-refractivity contribution in [3.05, 3.63) is 34.3 Å². The van der Waals surface area contributed by atoms with E-state index in [2.05, 4.69) is 10.6 Å². The van der Waals surface area contributed by atoms with E-state index in [9.17, 15) is 18.0 Å². The summed E-state index contributed by atoms with van der Waals surface area (Å²) in [6.07, 6.45) is -4.47. The third kappa shape index (κ3) is 2.46. The summed E-state index contributed by atoms with van der Waals surface area (Å²) < 4.78 is 37.4. The van der Waals surface area contributed by atoms with Crippen LogP contribution < -0.4 is 10.6 Å². The fourth-order valence-electron chi connectivity index (χ4n) is 1.63. The van der Waals surface area contributed by atoms with Crippen molar-refractivity contribution in [3.63, 3.8) is 0 Å². The zero-order valence-electron chi connectivity index (χ0n) is 8.44. The number of alkyl halides is 3. The topological polar surface area (TPSA) is 41.1 Å². The lowest BCUT2D eigenvalue weighted by molar-refractivity contribution is -0.137. The molecular formula is C10H8ClF3N2O. The summed E-state index contributed by atoms with van der Waals surface area (Å²) in [6.45, 7) is 0.334. The van der Waals surface area contributed by atoms with E-state index >= 15 is 0 Å². The van der Waals surface area contributed by atoms with Crippen LogP contribution in [0.2, 0.25) is 5.02 Å². The first-order valence-electron chi connectivity index (χ1n) is 4.79. The van der Waals surface area contributed by atoms with Crippen LogP contribution in [0.4, 0.5) is 18.0 Å². The highest BCUT2D eigenvalue weighted by Crippen LogP contribution is 2.35. The molecular weight excluding hydrogens is 257 g/mol. The monoisotopic (exact) mass is 264 g/mol. The van der Waals surface area contributed by atoms with Gasteiger partial charge in [0.25, 0.3) is 0 Å². The molecule has 1 atom stereocenters. The second-order valence-corrected chi connectivity index (χ2v) is 4.05. The Morgan fingerprint density at radius 1 is 1.35 bits per heavy atom. The number of hydrogen-bond acceptors (Lipinski definition) is 1. The van der Waals surface area contributed by atoms with Crippen molar-refractivity contribution >= 4 is 17.6 Å². The fraction of sp³-hybridized carbons (Fsp3) is 0.300. The molecule has 0 aliphatic carbocycles. The maximum absolute atomic E-state index is 12.5. The Hall–Kier alpha value is -1.43. The van der Waals surface area contributed by atoms with E-state index in [0.29, 0.717) is 12.1 Å². The van der Waals surface area contributed by atoms with E-state index in [1.807, 2.05) is 0 Å². The number of benzene rings is 1. The molecule has 1 aromatic rings. The van der Waals surface area contributed by atoms with Gasteiger partial charge in [0.15, 0.2) is 0 Å². The molecule has 92 valence electrons. The van der Waals surface area contributed by atoms with Crippen LogP contribution >= 0.6 is 11.6 Å². The van der Waals surface area contributed by atoms with Gasteiger partial charge >= 0.3 is 12.2 Å². The van der Waals surface area contributed by atoms with E-state index in [-0.39, 0.29) is 17.1 Å². The average molecular weight is 265 g/mol. The summed E-state index contributed by atoms with van der Waals surface area (Å²) in [7, 11) is 0. The smallest absolute Gasteiger partial charge is 0.336 e. The van der Waals surface area contributed by atoms with Gasteiger partial charge in [0.2, 0.25) is 0 Å². The SMILES string of the molecule is O=C1NC[C@H](c2ccc(C(F)(F)F)c(Cl)c2)N1. The summed E-state index contributed by atoms with van der Waals surface area (Å²) in [5.74, 6) is 0. The molecule has 2 N–H and O–H groups in total. The molecule has 0 radical (unpaired) electrons. The Morgan fingerprint density at radius 2 is 2.06 bits per heavy atom. The lowest BCUT2D eigenvalue weighted by Crippen LogP contribution is -2.21. The normalized spacial score (nSPS) is 20.0. The summed E-state index contributed by atoms with van der Waals surface area (Å²) in [4.78, 5) is 10.9. The summed E-state index contributed by atoms with van der Waals surface area (Å²) in [5.41, 5.74) is -0.332. The van der Waals surface area contributed by atoms with E-state index in [1.54, 1.807) is 0 Å². The molecule has 17 heavy (non-hydrogen) atoms. The Morgan fingerprint density at radius 3 is 2.53 bits per heavy atom. The van der Waals surface area contributed by atoms with Gasteiger partial charge in [-0.1, -0.05) is 17.7 Å². The minimum atomic E-state index is -4.47. The molecule has 0 aromatic heterocycles. The molecule has 1 saturated heterocycles. The van der Waals surface area contributed by atoms with Gasteiger partial charge in [0.1, 0.15) is 0 Å². The van der Waals surface area contributed by atoms with Crippen molar-refractivity contribution in [1.29, 1.82) is 0 Å². The highest BCUT2D eigenvalue weighted by atomic mass is 35.5. The van der Waals surface area contributed by atoms with Gasteiger partial charge in [0, 0.05) is 6.54 Å². The van der Waals surface area contributed by atoms with Crippen LogP contribution in [0.5, 0.6) is 0 Å². The molecule has 2 rings (SSSR count). The number of hydrogen-bond donors (Lipinski definition) is 2. The molecule has 1 aliphatic heterocycles. The molecule has 1 fully saturated rings. The molecule has 7 heteroatoms. The van der Waals surface area contributed by atoms with Gasteiger partial charge in [0.05, 0.1) is 16.6 Å². The number of halogens is 4. The van der Waals surface area contributed by atoms with Crippen molar-refractivity contribution in [2.75, 3.05) is 6.54 Å². The van der Waals surface area contributed by atoms with Gasteiger partial charge in [-0.2, -0.15) is 13.2 Å². The third-order valence-electron chi connectivity index (χ3n) is 2.47. The predicted molar refractivity (Wildman–Crippen MR) is 55.7 cm³/mol. The van der Waals surface area contributed by atoms with E-state index in [4.69, 9.17) is 11.6 Å². The first-order chi connectivity index (χ1) is 7.88. The summed E-state index contributed by atoms with van der Waals surface area (Å²) >= 11 is 5.58. The van der Waals surface area contributed by atoms with Crippen molar-refractivity contribution in [1.82, 2.24) is 10.6 Å². The van der Waals surface area contributed by atoms with Gasteiger partial charge in [-0.15, -0.1) is 0 Å². The number of nitrogens with one attached hydrogen (secondary N) is 2. The summed E-state index contributed by atoms with van der Waals surface area (Å²) in [6, 6.07) is 2.77. The van der Waals surface area contributed by atoms with Crippen LogP contribution in [0.3, 0.4) is 0 Å². The van der Waals surface area contributed by atoms with Gasteiger partial charge in [-0.3, -0.25) is 0 Å². The Balaban J connectivity index is 2.28. The van der Waals surface area contributed by atoms with Crippen molar-refractivity contribution in [3.8, 4) is 0 Å². The first-order valence-corrected chi connectivity index (χ1v) is 5.17. The maximum Gasteiger partial charge on any atom is 0.417 e. The molecule has 1 aromatic carbocycles. The third-order valence-corrected chi connectivity index (χ3v) is 2.79. The number of rotatable bonds is 1. The number of urea groups is 1.